The zero-order chi connectivity index (χ0) is 5.98. The van der Waals surface area contributed by atoms with Crippen molar-refractivity contribution < 1.29 is 31.3 Å². The molecule has 0 heterocycles. The predicted molar refractivity (Wildman–Crippen MR) is 32.2 cm³/mol. The van der Waals surface area contributed by atoms with E-state index in [9.17, 15) is 0 Å². The molecule has 2 N–H and O–H groups in total. The quantitative estimate of drug-likeness (QED) is 0.610. The number of hydrogen-bond donors (Lipinski definition) is 2. The van der Waals surface area contributed by atoms with Crippen LogP contribution in [0.5, 0.6) is 0 Å². The largest absolute Gasteiger partial charge is 0.506 e. The molecule has 9 heavy (non-hydrogen) atoms. The van der Waals surface area contributed by atoms with Crippen molar-refractivity contribution in [2.45, 2.75) is 6.42 Å². The van der Waals surface area contributed by atoms with Gasteiger partial charge in [0.1, 0.15) is 5.76 Å². The molecule has 1 rings (SSSR count). The molecule has 0 unspecified atom stereocenters. The summed E-state index contributed by atoms with van der Waals surface area (Å²) in [5, 5.41) is 15.8. The molecule has 0 radical (unpaired) electrons. The van der Waals surface area contributed by atoms with Crippen LogP contribution in [0.15, 0.2) is 24.0 Å². The third-order valence-corrected chi connectivity index (χ3v) is 1.02. The fourth-order valence-electron chi connectivity index (χ4n) is 0.550. The van der Waals surface area contributed by atoms with Crippen molar-refractivity contribution in [1.29, 1.82) is 5.41 Å². The molecular weight excluding hydrogens is 193 g/mol. The minimum Gasteiger partial charge on any atom is -0.506 e. The van der Waals surface area contributed by atoms with E-state index in [0.29, 0.717) is 12.1 Å². The van der Waals surface area contributed by atoms with Gasteiger partial charge in [0.15, 0.2) is 0 Å². The standard InChI is InChI=1S/C6H7NO.Zr/c7-5-3-1-2-4-6(5)8;/h1-2,4,7-8H,3H2;. The zero-order valence-electron chi connectivity index (χ0n) is 4.89. The third-order valence-electron chi connectivity index (χ3n) is 1.02. The monoisotopic (exact) mass is 199 g/mol. The summed E-state index contributed by atoms with van der Waals surface area (Å²) in [6, 6.07) is 0. The van der Waals surface area contributed by atoms with E-state index in [-0.39, 0.29) is 32.0 Å². The maximum Gasteiger partial charge on any atom is 0.136 e. The molecule has 0 aromatic rings. The Morgan fingerprint density at radius 3 is 2.56 bits per heavy atom. The summed E-state index contributed by atoms with van der Waals surface area (Å²) in [6.45, 7) is 0. The van der Waals surface area contributed by atoms with E-state index >= 15 is 0 Å². The zero-order valence-corrected chi connectivity index (χ0v) is 7.34. The number of aliphatic hydroxyl groups is 1. The second kappa shape index (κ2) is 3.78. The Labute approximate surface area is 72.9 Å². The SMILES string of the molecule is N=C1CC=CC=C1O.[Zr]. The number of aliphatic hydroxyl groups excluding tert-OH is 1. The molecule has 0 atom stereocenters. The molecule has 0 saturated carbocycles. The van der Waals surface area contributed by atoms with Crippen LogP contribution in [-0.2, 0) is 26.2 Å². The molecule has 3 heteroatoms. The first-order chi connectivity index (χ1) is 3.80. The molecule has 0 aromatic heterocycles. The van der Waals surface area contributed by atoms with Gasteiger partial charge in [-0.15, -0.1) is 0 Å². The van der Waals surface area contributed by atoms with E-state index in [4.69, 9.17) is 10.5 Å². The number of allylic oxidation sites excluding steroid dienone is 4. The minimum absolute atomic E-state index is 0. The van der Waals surface area contributed by atoms with Gasteiger partial charge in [0.2, 0.25) is 0 Å². The third kappa shape index (κ3) is 2.27. The number of hydrogen-bond acceptors (Lipinski definition) is 2. The van der Waals surface area contributed by atoms with Gasteiger partial charge in [0.25, 0.3) is 0 Å². The number of nitrogens with one attached hydrogen (secondary N) is 1. The van der Waals surface area contributed by atoms with Gasteiger partial charge in [-0.1, -0.05) is 12.2 Å². The Bertz CT molecular complexity index is 172. The molecule has 0 fully saturated rings. The van der Waals surface area contributed by atoms with Gasteiger partial charge >= 0.3 is 0 Å². The summed E-state index contributed by atoms with van der Waals surface area (Å²) in [6.07, 6.45) is 5.66. The second-order valence-electron chi connectivity index (χ2n) is 1.66. The smallest absolute Gasteiger partial charge is 0.136 e. The van der Waals surface area contributed by atoms with Gasteiger partial charge in [0.05, 0.1) is 5.71 Å². The molecule has 0 saturated heterocycles. The maximum absolute atomic E-state index is 8.76. The van der Waals surface area contributed by atoms with Gasteiger partial charge in [-0.2, -0.15) is 0 Å². The van der Waals surface area contributed by atoms with Crippen LogP contribution in [0, 0.1) is 5.41 Å². The molecule has 2 nitrogen and oxygen atoms in total. The topological polar surface area (TPSA) is 44.1 Å². The van der Waals surface area contributed by atoms with E-state index in [0.717, 1.165) is 0 Å². The maximum atomic E-state index is 8.76. The van der Waals surface area contributed by atoms with Crippen LogP contribution in [0.25, 0.3) is 0 Å². The van der Waals surface area contributed by atoms with E-state index < -0.39 is 0 Å². The molecule has 0 bridgehead atoms. The first-order valence-electron chi connectivity index (χ1n) is 2.44. The van der Waals surface area contributed by atoms with Gasteiger partial charge in [0, 0.05) is 32.6 Å². The van der Waals surface area contributed by atoms with Gasteiger partial charge in [-0.3, -0.25) is 0 Å². The van der Waals surface area contributed by atoms with Crippen molar-refractivity contribution in [1.82, 2.24) is 0 Å². The Kier molecular flexibility index (Phi) is 3.71. The van der Waals surface area contributed by atoms with Crippen LogP contribution in [0.4, 0.5) is 0 Å². The van der Waals surface area contributed by atoms with E-state index in [1.807, 2.05) is 6.08 Å². The van der Waals surface area contributed by atoms with Crippen molar-refractivity contribution in [3.05, 3.63) is 24.0 Å². The Morgan fingerprint density at radius 1 is 1.56 bits per heavy atom. The molecule has 0 amide bonds. The predicted octanol–water partition coefficient (Wildman–Crippen LogP) is 1.41. The average Bonchev–Trinajstić information content (AvgIpc) is 1.77. The van der Waals surface area contributed by atoms with Crippen LogP contribution < -0.4 is 0 Å². The summed E-state index contributed by atoms with van der Waals surface area (Å²) in [5.74, 6) is 0.0903. The fraction of sp³-hybridized carbons (Fsp3) is 0.167. The average molecular weight is 200 g/mol. The van der Waals surface area contributed by atoms with Crippen LogP contribution in [-0.4, -0.2) is 10.8 Å². The van der Waals surface area contributed by atoms with Crippen LogP contribution in [0.3, 0.4) is 0 Å². The van der Waals surface area contributed by atoms with E-state index in [1.165, 1.54) is 6.08 Å². The summed E-state index contributed by atoms with van der Waals surface area (Å²) >= 11 is 0. The molecule has 0 aliphatic heterocycles. The number of rotatable bonds is 0. The molecule has 0 spiro atoms. The van der Waals surface area contributed by atoms with Crippen LogP contribution in [0.2, 0.25) is 0 Å². The van der Waals surface area contributed by atoms with Gasteiger partial charge in [-0.25, -0.2) is 0 Å². The summed E-state index contributed by atoms with van der Waals surface area (Å²) in [7, 11) is 0. The van der Waals surface area contributed by atoms with Crippen LogP contribution in [0.1, 0.15) is 6.42 Å². The van der Waals surface area contributed by atoms with Crippen LogP contribution >= 0.6 is 0 Å². The van der Waals surface area contributed by atoms with Crippen molar-refractivity contribution >= 4 is 5.71 Å². The Morgan fingerprint density at radius 2 is 2.22 bits per heavy atom. The fourth-order valence-corrected chi connectivity index (χ4v) is 0.550. The minimum atomic E-state index is 0. The molecule has 1 aliphatic carbocycles. The van der Waals surface area contributed by atoms with Crippen molar-refractivity contribution in [3.63, 3.8) is 0 Å². The molecular formula is C6H7NOZr. The van der Waals surface area contributed by atoms with E-state index in [2.05, 4.69) is 0 Å². The van der Waals surface area contributed by atoms with Crippen molar-refractivity contribution in [3.8, 4) is 0 Å². The van der Waals surface area contributed by atoms with E-state index in [1.54, 1.807) is 6.08 Å². The molecule has 46 valence electrons. The van der Waals surface area contributed by atoms with Crippen molar-refractivity contribution in [2.24, 2.45) is 0 Å². The first kappa shape index (κ1) is 8.83. The van der Waals surface area contributed by atoms with Gasteiger partial charge < -0.3 is 10.5 Å². The normalized spacial score (nSPS) is 16.4. The Balaban J connectivity index is 0.000000640. The Hall–Kier alpha value is -0.167. The van der Waals surface area contributed by atoms with Gasteiger partial charge in [-0.05, 0) is 6.08 Å². The first-order valence-corrected chi connectivity index (χ1v) is 2.44. The van der Waals surface area contributed by atoms with Crippen molar-refractivity contribution in [2.75, 3.05) is 0 Å². The summed E-state index contributed by atoms with van der Waals surface area (Å²) in [5.41, 5.74) is 0.299. The molecule has 0 aromatic carbocycles. The summed E-state index contributed by atoms with van der Waals surface area (Å²) < 4.78 is 0. The summed E-state index contributed by atoms with van der Waals surface area (Å²) in [4.78, 5) is 0. The second-order valence-corrected chi connectivity index (χ2v) is 1.66. The molecule has 1 aliphatic rings.